The Balaban J connectivity index is 2.02. The smallest absolute Gasteiger partial charge is 0.171 e. The van der Waals surface area contributed by atoms with Gasteiger partial charge in [0.2, 0.25) is 0 Å². The third-order valence-corrected chi connectivity index (χ3v) is 4.72. The number of hydrogen-bond donors (Lipinski definition) is 2. The molecule has 2 rings (SSSR count). The Hall–Kier alpha value is -1.39. The average Bonchev–Trinajstić information content (AvgIpc) is 2.49. The summed E-state index contributed by atoms with van der Waals surface area (Å²) in [5.41, 5.74) is 4.70. The molecule has 2 N–H and O–H groups in total. The van der Waals surface area contributed by atoms with Crippen molar-refractivity contribution in [2.24, 2.45) is 0 Å². The Morgan fingerprint density at radius 3 is 2.41 bits per heavy atom. The van der Waals surface area contributed by atoms with E-state index in [9.17, 15) is 0 Å². The zero-order chi connectivity index (χ0) is 16.1. The van der Waals surface area contributed by atoms with Crippen LogP contribution < -0.4 is 10.6 Å². The molecule has 2 aromatic rings. The molecule has 0 bridgehead atoms. The fourth-order valence-electron chi connectivity index (χ4n) is 2.27. The fourth-order valence-corrected chi connectivity index (χ4v) is 2.77. The predicted molar refractivity (Wildman–Crippen MR) is 102 cm³/mol. The van der Waals surface area contributed by atoms with Gasteiger partial charge in [-0.1, -0.05) is 52.7 Å². The van der Waals surface area contributed by atoms with Crippen molar-refractivity contribution in [1.82, 2.24) is 5.32 Å². The van der Waals surface area contributed by atoms with Crippen molar-refractivity contribution < 1.29 is 0 Å². The molecule has 0 unspecified atom stereocenters. The summed E-state index contributed by atoms with van der Waals surface area (Å²) in [6.07, 6.45) is 0.976. The van der Waals surface area contributed by atoms with Gasteiger partial charge < -0.3 is 10.6 Å². The van der Waals surface area contributed by atoms with Crippen molar-refractivity contribution in [3.63, 3.8) is 0 Å². The Morgan fingerprint density at radius 2 is 1.82 bits per heavy atom. The molecule has 0 aliphatic carbocycles. The number of hydrogen-bond acceptors (Lipinski definition) is 1. The second-order valence-corrected chi connectivity index (χ2v) is 6.70. The van der Waals surface area contributed by atoms with Gasteiger partial charge in [0.05, 0.1) is 6.04 Å². The van der Waals surface area contributed by atoms with Gasteiger partial charge in [-0.25, -0.2) is 0 Å². The van der Waals surface area contributed by atoms with Crippen LogP contribution in [0.4, 0.5) is 5.69 Å². The molecule has 0 saturated heterocycles. The summed E-state index contributed by atoms with van der Waals surface area (Å²) in [6.45, 7) is 6.32. The van der Waals surface area contributed by atoms with E-state index in [4.69, 9.17) is 12.2 Å². The third kappa shape index (κ3) is 4.55. The van der Waals surface area contributed by atoms with E-state index in [1.807, 2.05) is 12.1 Å². The fraction of sp³-hybridized carbons (Fsp3) is 0.278. The molecule has 0 aliphatic rings. The molecule has 22 heavy (non-hydrogen) atoms. The highest BCUT2D eigenvalue weighted by Gasteiger charge is 2.10. The van der Waals surface area contributed by atoms with Gasteiger partial charge in [0.25, 0.3) is 0 Å². The molecule has 0 aromatic heterocycles. The van der Waals surface area contributed by atoms with Crippen LogP contribution in [-0.4, -0.2) is 5.11 Å². The van der Waals surface area contributed by atoms with E-state index >= 15 is 0 Å². The first-order valence-electron chi connectivity index (χ1n) is 7.40. The second-order valence-electron chi connectivity index (χ2n) is 5.43. The van der Waals surface area contributed by atoms with Gasteiger partial charge >= 0.3 is 0 Å². The first-order valence-corrected chi connectivity index (χ1v) is 8.60. The Bertz CT molecular complexity index is 653. The summed E-state index contributed by atoms with van der Waals surface area (Å²) in [5.74, 6) is 0. The standard InChI is InChI=1S/C18H21BrN2S/c1-4-17(14-7-5-12(2)6-8-14)21-18(22)20-15-9-10-16(19)13(3)11-15/h5-11,17H,4H2,1-3H3,(H2,20,21,22)/t17-/m1/s1. The van der Waals surface area contributed by atoms with Gasteiger partial charge in [0, 0.05) is 10.2 Å². The molecule has 1 atom stereocenters. The number of benzene rings is 2. The van der Waals surface area contributed by atoms with Crippen molar-refractivity contribution in [3.8, 4) is 0 Å². The quantitative estimate of drug-likeness (QED) is 0.688. The number of halogens is 1. The first kappa shape index (κ1) is 17.0. The summed E-state index contributed by atoms with van der Waals surface area (Å²) in [5, 5.41) is 7.30. The molecule has 0 spiro atoms. The molecule has 0 heterocycles. The minimum absolute atomic E-state index is 0.220. The Kier molecular flexibility index (Phi) is 5.98. The summed E-state index contributed by atoms with van der Waals surface area (Å²) in [6, 6.07) is 14.9. The number of thiocarbonyl (C=S) groups is 1. The highest BCUT2D eigenvalue weighted by Crippen LogP contribution is 2.21. The molecule has 0 amide bonds. The lowest BCUT2D eigenvalue weighted by molar-refractivity contribution is 0.629. The van der Waals surface area contributed by atoms with E-state index in [0.717, 1.165) is 16.6 Å². The number of nitrogens with one attached hydrogen (secondary N) is 2. The minimum atomic E-state index is 0.220. The van der Waals surface area contributed by atoms with Gasteiger partial charge in [0.1, 0.15) is 0 Å². The van der Waals surface area contributed by atoms with Gasteiger partial charge in [-0.05, 0) is 61.8 Å². The van der Waals surface area contributed by atoms with Gasteiger partial charge in [-0.15, -0.1) is 0 Å². The predicted octanol–water partition coefficient (Wildman–Crippen LogP) is 5.50. The van der Waals surface area contributed by atoms with Crippen LogP contribution in [-0.2, 0) is 0 Å². The summed E-state index contributed by atoms with van der Waals surface area (Å²) in [7, 11) is 0. The van der Waals surface area contributed by atoms with E-state index in [-0.39, 0.29) is 6.04 Å². The molecule has 116 valence electrons. The van der Waals surface area contributed by atoms with Crippen LogP contribution in [0.15, 0.2) is 46.9 Å². The van der Waals surface area contributed by atoms with Crippen LogP contribution in [0.2, 0.25) is 0 Å². The summed E-state index contributed by atoms with van der Waals surface area (Å²) >= 11 is 8.95. The maximum Gasteiger partial charge on any atom is 0.171 e. The van der Waals surface area contributed by atoms with Gasteiger partial charge in [0.15, 0.2) is 5.11 Å². The van der Waals surface area contributed by atoms with Crippen molar-refractivity contribution >= 4 is 38.9 Å². The van der Waals surface area contributed by atoms with Crippen molar-refractivity contribution in [2.75, 3.05) is 5.32 Å². The van der Waals surface area contributed by atoms with Crippen LogP contribution in [0.25, 0.3) is 0 Å². The lowest BCUT2D eigenvalue weighted by atomic mass is 10.0. The zero-order valence-electron chi connectivity index (χ0n) is 13.1. The largest absolute Gasteiger partial charge is 0.356 e. The summed E-state index contributed by atoms with van der Waals surface area (Å²) < 4.78 is 1.10. The van der Waals surface area contributed by atoms with Crippen LogP contribution in [0.1, 0.15) is 36.1 Å². The topological polar surface area (TPSA) is 24.1 Å². The van der Waals surface area contributed by atoms with Gasteiger partial charge in [-0.3, -0.25) is 0 Å². The van der Waals surface area contributed by atoms with E-state index in [0.29, 0.717) is 5.11 Å². The van der Waals surface area contributed by atoms with Crippen molar-refractivity contribution in [1.29, 1.82) is 0 Å². The van der Waals surface area contributed by atoms with E-state index in [1.165, 1.54) is 16.7 Å². The van der Waals surface area contributed by atoms with E-state index in [1.54, 1.807) is 0 Å². The normalized spacial score (nSPS) is 11.8. The van der Waals surface area contributed by atoms with Crippen LogP contribution >= 0.6 is 28.1 Å². The molecule has 0 saturated carbocycles. The minimum Gasteiger partial charge on any atom is -0.356 e. The van der Waals surface area contributed by atoms with Crippen LogP contribution in [0.5, 0.6) is 0 Å². The van der Waals surface area contributed by atoms with Crippen LogP contribution in [0, 0.1) is 13.8 Å². The van der Waals surface area contributed by atoms with Crippen LogP contribution in [0.3, 0.4) is 0 Å². The molecule has 0 aliphatic heterocycles. The molecule has 0 radical (unpaired) electrons. The molecule has 0 fully saturated rings. The molecular formula is C18H21BrN2S. The number of aryl methyl sites for hydroxylation is 2. The number of rotatable bonds is 4. The molecular weight excluding hydrogens is 356 g/mol. The van der Waals surface area contributed by atoms with Crippen molar-refractivity contribution in [2.45, 2.75) is 33.2 Å². The third-order valence-electron chi connectivity index (χ3n) is 3.61. The molecule has 4 heteroatoms. The SMILES string of the molecule is CC[C@@H](NC(=S)Nc1ccc(Br)c(C)c1)c1ccc(C)cc1. The monoisotopic (exact) mass is 376 g/mol. The zero-order valence-corrected chi connectivity index (χ0v) is 15.5. The maximum atomic E-state index is 5.45. The second kappa shape index (κ2) is 7.75. The Morgan fingerprint density at radius 1 is 1.14 bits per heavy atom. The summed E-state index contributed by atoms with van der Waals surface area (Å²) in [4.78, 5) is 0. The Labute approximate surface area is 146 Å². The highest BCUT2D eigenvalue weighted by atomic mass is 79.9. The maximum absolute atomic E-state index is 5.45. The van der Waals surface area contributed by atoms with Crippen molar-refractivity contribution in [3.05, 3.63) is 63.6 Å². The highest BCUT2D eigenvalue weighted by molar-refractivity contribution is 9.10. The lowest BCUT2D eigenvalue weighted by Crippen LogP contribution is -2.32. The molecule has 2 nitrogen and oxygen atoms in total. The van der Waals surface area contributed by atoms with Gasteiger partial charge in [-0.2, -0.15) is 0 Å². The lowest BCUT2D eigenvalue weighted by Gasteiger charge is -2.20. The molecule has 2 aromatic carbocycles. The van der Waals surface area contributed by atoms with E-state index < -0.39 is 0 Å². The average molecular weight is 377 g/mol. The first-order chi connectivity index (χ1) is 10.5. The van der Waals surface area contributed by atoms with E-state index in [2.05, 4.69) is 77.7 Å². The number of anilines is 1.